The van der Waals surface area contributed by atoms with Gasteiger partial charge in [0.15, 0.2) is 0 Å². The van der Waals surface area contributed by atoms with Gasteiger partial charge in [0.2, 0.25) is 0 Å². The summed E-state index contributed by atoms with van der Waals surface area (Å²) in [5, 5.41) is 18.7. The molecule has 3 nitrogen and oxygen atoms in total. The average molecular weight is 324 g/mol. The third-order valence-corrected chi connectivity index (χ3v) is 3.77. The summed E-state index contributed by atoms with van der Waals surface area (Å²) in [5.41, 5.74) is 3.88. The standard InChI is InChI=1S/C20H21FN2O/c1-23(2)11-3-4-19(16-6-8-18(21)9-7-16)20-10-5-15(13-22)12-17(20)14-24/h4-10,12,24H,3,11,14H2,1-2H3. The number of rotatable bonds is 6. The molecule has 0 bridgehead atoms. The molecule has 2 aromatic rings. The molecule has 2 rings (SSSR count). The average Bonchev–Trinajstić information content (AvgIpc) is 2.59. The molecule has 1 N–H and O–H groups in total. The zero-order valence-corrected chi connectivity index (χ0v) is 14.0. The highest BCUT2D eigenvalue weighted by Gasteiger charge is 2.11. The molecule has 0 aliphatic heterocycles. The molecule has 0 saturated heterocycles. The maximum absolute atomic E-state index is 13.3. The van der Waals surface area contributed by atoms with Gasteiger partial charge in [-0.3, -0.25) is 0 Å². The van der Waals surface area contributed by atoms with E-state index in [-0.39, 0.29) is 12.4 Å². The number of nitriles is 1. The first-order chi connectivity index (χ1) is 11.5. The molecule has 0 fully saturated rings. The second-order valence-corrected chi connectivity index (χ2v) is 5.86. The lowest BCUT2D eigenvalue weighted by Gasteiger charge is -2.14. The molecule has 0 unspecified atom stereocenters. The first-order valence-electron chi connectivity index (χ1n) is 7.80. The van der Waals surface area contributed by atoms with Crippen LogP contribution in [0.2, 0.25) is 0 Å². The van der Waals surface area contributed by atoms with E-state index < -0.39 is 0 Å². The van der Waals surface area contributed by atoms with Crippen LogP contribution in [0, 0.1) is 17.1 Å². The minimum absolute atomic E-state index is 0.156. The summed E-state index contributed by atoms with van der Waals surface area (Å²) in [4.78, 5) is 2.09. The SMILES string of the molecule is CN(C)CCC=C(c1ccc(F)cc1)c1ccc(C#N)cc1CO. The van der Waals surface area contributed by atoms with Gasteiger partial charge in [-0.25, -0.2) is 4.39 Å². The van der Waals surface area contributed by atoms with Crippen molar-refractivity contribution in [2.24, 2.45) is 0 Å². The van der Waals surface area contributed by atoms with Crippen LogP contribution < -0.4 is 0 Å². The van der Waals surface area contributed by atoms with Crippen molar-refractivity contribution in [3.8, 4) is 6.07 Å². The topological polar surface area (TPSA) is 47.3 Å². The van der Waals surface area contributed by atoms with Crippen molar-refractivity contribution in [1.82, 2.24) is 4.90 Å². The first kappa shape index (κ1) is 17.9. The van der Waals surface area contributed by atoms with Crippen molar-refractivity contribution in [3.63, 3.8) is 0 Å². The van der Waals surface area contributed by atoms with E-state index in [0.717, 1.165) is 29.7 Å². The molecule has 0 amide bonds. The van der Waals surface area contributed by atoms with Gasteiger partial charge in [-0.15, -0.1) is 0 Å². The van der Waals surface area contributed by atoms with Gasteiger partial charge in [0.1, 0.15) is 5.82 Å². The van der Waals surface area contributed by atoms with Crippen molar-refractivity contribution in [3.05, 3.63) is 76.6 Å². The van der Waals surface area contributed by atoms with Gasteiger partial charge < -0.3 is 10.0 Å². The van der Waals surface area contributed by atoms with Crippen LogP contribution in [0.3, 0.4) is 0 Å². The molecular formula is C20H21FN2O. The van der Waals surface area contributed by atoms with Crippen LogP contribution in [0.5, 0.6) is 0 Å². The number of hydrogen-bond acceptors (Lipinski definition) is 3. The van der Waals surface area contributed by atoms with Gasteiger partial charge in [0, 0.05) is 6.54 Å². The number of aliphatic hydroxyl groups is 1. The summed E-state index contributed by atoms with van der Waals surface area (Å²) in [6.45, 7) is 0.729. The van der Waals surface area contributed by atoms with Crippen LogP contribution in [0.25, 0.3) is 5.57 Å². The molecule has 0 atom stereocenters. The van der Waals surface area contributed by atoms with Gasteiger partial charge in [-0.2, -0.15) is 5.26 Å². The van der Waals surface area contributed by atoms with Crippen molar-refractivity contribution >= 4 is 5.57 Å². The van der Waals surface area contributed by atoms with Crippen molar-refractivity contribution in [2.45, 2.75) is 13.0 Å². The molecule has 0 radical (unpaired) electrons. The van der Waals surface area contributed by atoms with E-state index in [1.165, 1.54) is 12.1 Å². The number of benzene rings is 2. The van der Waals surface area contributed by atoms with Crippen LogP contribution in [0.4, 0.5) is 4.39 Å². The normalized spacial score (nSPS) is 11.6. The van der Waals surface area contributed by atoms with Crippen molar-refractivity contribution in [1.29, 1.82) is 5.26 Å². The zero-order chi connectivity index (χ0) is 17.5. The molecule has 0 aliphatic rings. The van der Waals surface area contributed by atoms with Gasteiger partial charge in [0.25, 0.3) is 0 Å². The fraction of sp³-hybridized carbons (Fsp3) is 0.250. The molecule has 0 saturated carbocycles. The third kappa shape index (κ3) is 4.51. The summed E-state index contributed by atoms with van der Waals surface area (Å²) in [5.74, 6) is -0.284. The van der Waals surface area contributed by atoms with E-state index in [0.29, 0.717) is 11.1 Å². The van der Waals surface area contributed by atoms with Crippen LogP contribution in [-0.2, 0) is 6.61 Å². The van der Waals surface area contributed by atoms with Crippen LogP contribution >= 0.6 is 0 Å². The lowest BCUT2D eigenvalue weighted by molar-refractivity contribution is 0.281. The summed E-state index contributed by atoms with van der Waals surface area (Å²) in [6.07, 6.45) is 2.92. The minimum atomic E-state index is -0.284. The number of halogens is 1. The van der Waals surface area contributed by atoms with E-state index in [2.05, 4.69) is 17.0 Å². The Labute approximate surface area is 142 Å². The summed E-state index contributed by atoms with van der Waals surface area (Å²) in [6, 6.07) is 13.7. The monoisotopic (exact) mass is 324 g/mol. The number of hydrogen-bond donors (Lipinski definition) is 1. The molecule has 0 spiro atoms. The highest BCUT2D eigenvalue weighted by molar-refractivity contribution is 5.81. The number of nitrogens with zero attached hydrogens (tertiary/aromatic N) is 2. The van der Waals surface area contributed by atoms with Gasteiger partial charge >= 0.3 is 0 Å². The van der Waals surface area contributed by atoms with Gasteiger partial charge in [-0.1, -0.05) is 24.3 Å². The lowest BCUT2D eigenvalue weighted by atomic mass is 9.92. The minimum Gasteiger partial charge on any atom is -0.392 e. The van der Waals surface area contributed by atoms with E-state index in [9.17, 15) is 9.50 Å². The van der Waals surface area contributed by atoms with E-state index >= 15 is 0 Å². The Morgan fingerprint density at radius 2 is 1.92 bits per heavy atom. The Morgan fingerprint density at radius 3 is 2.50 bits per heavy atom. The van der Waals surface area contributed by atoms with Gasteiger partial charge in [-0.05, 0) is 67.0 Å². The molecule has 4 heteroatoms. The van der Waals surface area contributed by atoms with E-state index in [4.69, 9.17) is 5.26 Å². The fourth-order valence-electron chi connectivity index (χ4n) is 2.54. The van der Waals surface area contributed by atoms with E-state index in [1.807, 2.05) is 20.2 Å². The first-order valence-corrected chi connectivity index (χ1v) is 7.80. The number of aliphatic hydroxyl groups excluding tert-OH is 1. The smallest absolute Gasteiger partial charge is 0.123 e. The van der Waals surface area contributed by atoms with Crippen LogP contribution in [0.1, 0.15) is 28.7 Å². The zero-order valence-electron chi connectivity index (χ0n) is 14.0. The van der Waals surface area contributed by atoms with Crippen LogP contribution in [0.15, 0.2) is 48.5 Å². The maximum Gasteiger partial charge on any atom is 0.123 e. The summed E-state index contributed by atoms with van der Waals surface area (Å²) < 4.78 is 13.3. The second-order valence-electron chi connectivity index (χ2n) is 5.86. The second kappa shape index (κ2) is 8.39. The van der Waals surface area contributed by atoms with Gasteiger partial charge in [0.05, 0.1) is 18.2 Å². The van der Waals surface area contributed by atoms with Crippen molar-refractivity contribution < 1.29 is 9.50 Å². The highest BCUT2D eigenvalue weighted by atomic mass is 19.1. The molecule has 0 aliphatic carbocycles. The Morgan fingerprint density at radius 1 is 1.21 bits per heavy atom. The summed E-state index contributed by atoms with van der Waals surface area (Å²) >= 11 is 0. The molecule has 24 heavy (non-hydrogen) atoms. The van der Waals surface area contributed by atoms with Crippen molar-refractivity contribution in [2.75, 3.05) is 20.6 Å². The van der Waals surface area contributed by atoms with E-state index in [1.54, 1.807) is 24.3 Å². The quantitative estimate of drug-likeness (QED) is 0.883. The predicted octanol–water partition coefficient (Wildman–Crippen LogP) is 3.57. The van der Waals surface area contributed by atoms with Crippen LogP contribution in [-0.4, -0.2) is 30.6 Å². The fourth-order valence-corrected chi connectivity index (χ4v) is 2.54. The summed E-state index contributed by atoms with van der Waals surface area (Å²) in [7, 11) is 4.01. The predicted molar refractivity (Wildman–Crippen MR) is 93.7 cm³/mol. The Balaban J connectivity index is 2.50. The molecule has 2 aromatic carbocycles. The lowest BCUT2D eigenvalue weighted by Crippen LogP contribution is -2.12. The Kier molecular flexibility index (Phi) is 6.25. The Hall–Kier alpha value is -2.48. The molecular weight excluding hydrogens is 303 g/mol. The molecule has 124 valence electrons. The third-order valence-electron chi connectivity index (χ3n) is 3.77. The highest BCUT2D eigenvalue weighted by Crippen LogP contribution is 2.28. The maximum atomic E-state index is 13.3. The molecule has 0 aromatic heterocycles. The Bertz CT molecular complexity index is 758. The molecule has 0 heterocycles. The largest absolute Gasteiger partial charge is 0.392 e.